The number of benzene rings is 2. The third-order valence-corrected chi connectivity index (χ3v) is 6.60. The third-order valence-electron chi connectivity index (χ3n) is 5.74. The van der Waals surface area contributed by atoms with E-state index in [0.717, 1.165) is 16.3 Å². The first kappa shape index (κ1) is 20.4. The molecule has 30 heavy (non-hydrogen) atoms. The van der Waals surface area contributed by atoms with Crippen LogP contribution in [-0.4, -0.2) is 41.2 Å². The van der Waals surface area contributed by atoms with Gasteiger partial charge >= 0.3 is 0 Å². The Bertz CT molecular complexity index is 1030. The molecule has 2 heterocycles. The van der Waals surface area contributed by atoms with E-state index in [-0.39, 0.29) is 17.7 Å². The largest absolute Gasteiger partial charge is 0.339 e. The number of rotatable bonds is 6. The third kappa shape index (κ3) is 4.31. The molecular weight excluding hydrogens is 392 g/mol. The van der Waals surface area contributed by atoms with Crippen molar-refractivity contribution in [3.63, 3.8) is 0 Å². The Morgan fingerprint density at radius 1 is 1.07 bits per heavy atom. The molecule has 1 aliphatic rings. The van der Waals surface area contributed by atoms with Crippen LogP contribution in [0.3, 0.4) is 0 Å². The van der Waals surface area contributed by atoms with E-state index < -0.39 is 0 Å². The quantitative estimate of drug-likeness (QED) is 0.531. The van der Waals surface area contributed by atoms with Crippen molar-refractivity contribution in [2.45, 2.75) is 19.4 Å². The summed E-state index contributed by atoms with van der Waals surface area (Å²) in [7, 11) is 0. The van der Waals surface area contributed by atoms with E-state index in [4.69, 9.17) is 0 Å². The molecule has 0 spiro atoms. The summed E-state index contributed by atoms with van der Waals surface area (Å²) in [5.41, 5.74) is 0.740. The van der Waals surface area contributed by atoms with E-state index in [2.05, 4.69) is 12.6 Å². The Hall–Kier alpha value is -2.92. The van der Waals surface area contributed by atoms with E-state index in [0.29, 0.717) is 39.0 Å². The molecule has 5 heteroatoms. The van der Waals surface area contributed by atoms with Crippen LogP contribution < -0.4 is 0 Å². The minimum absolute atomic E-state index is 0.0403. The summed E-state index contributed by atoms with van der Waals surface area (Å²) in [6, 6.07) is 17.9. The molecule has 0 saturated carbocycles. The highest BCUT2D eigenvalue weighted by molar-refractivity contribution is 7.09. The number of piperidine rings is 1. The maximum Gasteiger partial charge on any atom is 0.254 e. The average Bonchev–Trinajstić information content (AvgIpc) is 3.31. The van der Waals surface area contributed by atoms with Gasteiger partial charge in [-0.2, -0.15) is 0 Å². The molecule has 1 aromatic heterocycles. The number of fused-ring (bicyclic) bond motifs is 1. The predicted molar refractivity (Wildman–Crippen MR) is 123 cm³/mol. The van der Waals surface area contributed by atoms with Gasteiger partial charge in [0.2, 0.25) is 5.91 Å². The lowest BCUT2D eigenvalue weighted by Gasteiger charge is -2.34. The lowest BCUT2D eigenvalue weighted by Crippen LogP contribution is -2.44. The second-order valence-corrected chi connectivity index (χ2v) is 8.71. The van der Waals surface area contributed by atoms with E-state index in [1.807, 2.05) is 63.7 Å². The van der Waals surface area contributed by atoms with E-state index in [9.17, 15) is 9.59 Å². The van der Waals surface area contributed by atoms with Crippen molar-refractivity contribution in [2.24, 2.45) is 5.92 Å². The molecule has 2 aromatic carbocycles. The average molecular weight is 419 g/mol. The number of thiophene rings is 1. The van der Waals surface area contributed by atoms with Gasteiger partial charge in [0.25, 0.3) is 5.91 Å². The highest BCUT2D eigenvalue weighted by Gasteiger charge is 2.30. The summed E-state index contributed by atoms with van der Waals surface area (Å²) in [5.74, 6) is 0.182. The van der Waals surface area contributed by atoms with Crippen LogP contribution in [0.2, 0.25) is 0 Å². The summed E-state index contributed by atoms with van der Waals surface area (Å²) < 4.78 is 0. The topological polar surface area (TPSA) is 40.6 Å². The lowest BCUT2D eigenvalue weighted by molar-refractivity contribution is -0.137. The van der Waals surface area contributed by atoms with Gasteiger partial charge in [-0.15, -0.1) is 17.9 Å². The second-order valence-electron chi connectivity index (χ2n) is 7.68. The number of likely N-dealkylation sites (tertiary alicyclic amines) is 1. The second kappa shape index (κ2) is 9.26. The fourth-order valence-electron chi connectivity index (χ4n) is 4.15. The Morgan fingerprint density at radius 2 is 1.83 bits per heavy atom. The molecule has 0 unspecified atom stereocenters. The molecule has 154 valence electrons. The first-order valence-corrected chi connectivity index (χ1v) is 11.2. The van der Waals surface area contributed by atoms with Gasteiger partial charge in [0.05, 0.1) is 6.54 Å². The van der Waals surface area contributed by atoms with Gasteiger partial charge in [0.15, 0.2) is 0 Å². The Kier molecular flexibility index (Phi) is 6.29. The Morgan fingerprint density at radius 3 is 2.57 bits per heavy atom. The minimum Gasteiger partial charge on any atom is -0.339 e. The first-order valence-electron chi connectivity index (χ1n) is 10.4. The fraction of sp³-hybridized carbons (Fsp3) is 0.280. The lowest BCUT2D eigenvalue weighted by atomic mass is 9.94. The smallest absolute Gasteiger partial charge is 0.254 e. The predicted octanol–water partition coefficient (Wildman–Crippen LogP) is 4.97. The first-order chi connectivity index (χ1) is 14.7. The molecule has 0 aliphatic carbocycles. The molecule has 4 rings (SSSR count). The molecule has 0 atom stereocenters. The normalized spacial score (nSPS) is 14.6. The Labute approximate surface area is 181 Å². The summed E-state index contributed by atoms with van der Waals surface area (Å²) in [5, 5.41) is 4.09. The van der Waals surface area contributed by atoms with Crippen LogP contribution in [0.1, 0.15) is 28.1 Å². The number of hydrogen-bond donors (Lipinski definition) is 0. The molecule has 2 amide bonds. The van der Waals surface area contributed by atoms with Crippen molar-refractivity contribution >= 4 is 33.9 Å². The summed E-state index contributed by atoms with van der Waals surface area (Å²) in [4.78, 5) is 31.2. The molecule has 3 aromatic rings. The van der Waals surface area contributed by atoms with Crippen molar-refractivity contribution in [1.82, 2.24) is 9.80 Å². The number of carbonyl (C=O) groups is 2. The van der Waals surface area contributed by atoms with Gasteiger partial charge in [0, 0.05) is 36.0 Å². The van der Waals surface area contributed by atoms with Gasteiger partial charge < -0.3 is 9.80 Å². The van der Waals surface area contributed by atoms with Crippen LogP contribution >= 0.6 is 11.3 Å². The monoisotopic (exact) mass is 418 g/mol. The number of nitrogens with zero attached hydrogens (tertiary/aromatic N) is 2. The number of carbonyl (C=O) groups excluding carboxylic acids is 2. The molecule has 0 bridgehead atoms. The summed E-state index contributed by atoms with van der Waals surface area (Å²) >= 11 is 1.66. The molecule has 1 saturated heterocycles. The van der Waals surface area contributed by atoms with Gasteiger partial charge in [-0.3, -0.25) is 9.59 Å². The van der Waals surface area contributed by atoms with Crippen molar-refractivity contribution < 1.29 is 9.59 Å². The van der Waals surface area contributed by atoms with Crippen molar-refractivity contribution in [1.29, 1.82) is 0 Å². The van der Waals surface area contributed by atoms with E-state index in [1.165, 1.54) is 4.88 Å². The van der Waals surface area contributed by atoms with Gasteiger partial charge in [-0.25, -0.2) is 0 Å². The highest BCUT2D eigenvalue weighted by Crippen LogP contribution is 2.25. The number of amides is 2. The zero-order chi connectivity index (χ0) is 20.9. The Balaban J connectivity index is 1.42. The van der Waals surface area contributed by atoms with Crippen LogP contribution in [0.15, 0.2) is 72.6 Å². The SMILES string of the molecule is C=CCN(Cc1cccs1)C(=O)C1CCN(C(=O)c2cccc3ccccc23)CC1. The van der Waals surface area contributed by atoms with Crippen LogP contribution in [0.25, 0.3) is 10.8 Å². The number of hydrogen-bond acceptors (Lipinski definition) is 3. The zero-order valence-electron chi connectivity index (χ0n) is 17.0. The molecule has 0 N–H and O–H groups in total. The van der Waals surface area contributed by atoms with Crippen LogP contribution in [0, 0.1) is 5.92 Å². The zero-order valence-corrected chi connectivity index (χ0v) is 17.8. The van der Waals surface area contributed by atoms with Crippen molar-refractivity contribution in [2.75, 3.05) is 19.6 Å². The maximum atomic E-state index is 13.2. The van der Waals surface area contributed by atoms with Crippen LogP contribution in [0.5, 0.6) is 0 Å². The van der Waals surface area contributed by atoms with Gasteiger partial charge in [-0.1, -0.05) is 48.5 Å². The molecule has 4 nitrogen and oxygen atoms in total. The molecule has 0 radical (unpaired) electrons. The fourth-order valence-corrected chi connectivity index (χ4v) is 4.87. The molecular formula is C25H26N2O2S. The standard InChI is InChI=1S/C25H26N2O2S/c1-2-14-27(18-21-9-6-17-30-21)24(28)20-12-15-26(16-13-20)25(29)23-11-5-8-19-7-3-4-10-22(19)23/h2-11,17,20H,1,12-16,18H2. The summed E-state index contributed by atoms with van der Waals surface area (Å²) in [6.45, 7) is 6.20. The van der Waals surface area contributed by atoms with E-state index >= 15 is 0 Å². The summed E-state index contributed by atoms with van der Waals surface area (Å²) in [6.07, 6.45) is 3.19. The van der Waals surface area contributed by atoms with Crippen LogP contribution in [-0.2, 0) is 11.3 Å². The van der Waals surface area contributed by atoms with Crippen LogP contribution in [0.4, 0.5) is 0 Å². The highest BCUT2D eigenvalue weighted by atomic mass is 32.1. The minimum atomic E-state index is -0.0403. The molecule has 1 fully saturated rings. The molecule has 1 aliphatic heterocycles. The van der Waals surface area contributed by atoms with Gasteiger partial charge in [-0.05, 0) is 41.1 Å². The van der Waals surface area contributed by atoms with Gasteiger partial charge in [0.1, 0.15) is 0 Å². The van der Waals surface area contributed by atoms with Crippen molar-refractivity contribution in [3.8, 4) is 0 Å². The maximum absolute atomic E-state index is 13.2. The van der Waals surface area contributed by atoms with Crippen molar-refractivity contribution in [3.05, 3.63) is 83.1 Å². The van der Waals surface area contributed by atoms with E-state index in [1.54, 1.807) is 17.4 Å².